The third-order valence-electron chi connectivity index (χ3n) is 3.10. The lowest BCUT2D eigenvalue weighted by molar-refractivity contribution is 0.166. The van der Waals surface area contributed by atoms with Crippen molar-refractivity contribution in [3.05, 3.63) is 78.5 Å². The Bertz CT molecular complexity index is 874. The van der Waals surface area contributed by atoms with Gasteiger partial charge in [-0.15, -0.1) is 0 Å². The highest BCUT2D eigenvalue weighted by Gasteiger charge is 2.04. The van der Waals surface area contributed by atoms with Crippen LogP contribution >= 0.6 is 0 Å². The summed E-state index contributed by atoms with van der Waals surface area (Å²) in [5, 5.41) is 12.4. The molecule has 6 nitrogen and oxygen atoms in total. The zero-order valence-corrected chi connectivity index (χ0v) is 12.1. The quantitative estimate of drug-likeness (QED) is 0.714. The Labute approximate surface area is 132 Å². The van der Waals surface area contributed by atoms with E-state index < -0.39 is 6.03 Å². The molecule has 0 aliphatic carbocycles. The monoisotopic (exact) mass is 306 g/mol. The van der Waals surface area contributed by atoms with Crippen LogP contribution in [-0.2, 0) is 0 Å². The Balaban J connectivity index is 1.91. The highest BCUT2D eigenvalue weighted by atomic mass is 16.5. The van der Waals surface area contributed by atoms with Gasteiger partial charge in [0.2, 0.25) is 0 Å². The molecule has 1 heterocycles. The molecule has 2 aromatic carbocycles. The topological polar surface area (TPSA) is 79.5 Å². The fourth-order valence-electron chi connectivity index (χ4n) is 2.01. The summed E-state index contributed by atoms with van der Waals surface area (Å²) in [6.07, 6.45) is 1.39. The van der Waals surface area contributed by atoms with Gasteiger partial charge in [0.25, 0.3) is 5.62 Å². The van der Waals surface area contributed by atoms with E-state index in [1.165, 1.54) is 6.20 Å². The second-order valence-corrected chi connectivity index (χ2v) is 4.73. The van der Waals surface area contributed by atoms with Gasteiger partial charge in [-0.05, 0) is 18.2 Å². The molecular weight excluding hydrogens is 292 g/mol. The number of hydrogen-bond donors (Lipinski definition) is 2. The number of nitrogens with one attached hydrogen (secondary N) is 1. The molecule has 0 saturated carbocycles. The van der Waals surface area contributed by atoms with E-state index in [9.17, 15) is 10.0 Å². The lowest BCUT2D eigenvalue weighted by Crippen LogP contribution is -2.25. The summed E-state index contributed by atoms with van der Waals surface area (Å²) in [6.45, 7) is 0. The highest BCUT2D eigenvalue weighted by molar-refractivity contribution is 5.89. The van der Waals surface area contributed by atoms with Crippen molar-refractivity contribution >= 4 is 11.7 Å². The molecule has 0 aliphatic heterocycles. The van der Waals surface area contributed by atoms with Crippen LogP contribution in [-0.4, -0.2) is 21.0 Å². The van der Waals surface area contributed by atoms with Crippen molar-refractivity contribution in [2.45, 2.75) is 0 Å². The third-order valence-corrected chi connectivity index (χ3v) is 3.10. The zero-order valence-electron chi connectivity index (χ0n) is 12.1. The first kappa shape index (κ1) is 14.5. The Morgan fingerprint density at radius 2 is 1.65 bits per heavy atom. The van der Waals surface area contributed by atoms with Gasteiger partial charge in [0.15, 0.2) is 0 Å². The lowest BCUT2D eigenvalue weighted by atomic mass is 10.1. The molecule has 1 aromatic heterocycles. The highest BCUT2D eigenvalue weighted by Crippen LogP contribution is 2.13. The molecule has 0 saturated heterocycles. The maximum Gasteiger partial charge on any atom is 0.348 e. The predicted octanol–water partition coefficient (Wildman–Crippen LogP) is 2.92. The molecule has 114 valence electrons. The minimum absolute atomic E-state index is 0.0974. The maximum absolute atomic E-state index is 11.9. The van der Waals surface area contributed by atoms with E-state index in [4.69, 9.17) is 0 Å². The Hall–Kier alpha value is -3.41. The molecule has 0 unspecified atom stereocenters. The molecule has 2 amide bonds. The van der Waals surface area contributed by atoms with Gasteiger partial charge < -0.3 is 10.5 Å². The number of benzene rings is 2. The van der Waals surface area contributed by atoms with E-state index in [1.54, 1.807) is 30.3 Å². The van der Waals surface area contributed by atoms with E-state index >= 15 is 0 Å². The van der Waals surface area contributed by atoms with Crippen LogP contribution in [0.4, 0.5) is 10.5 Å². The number of para-hydroxylation sites is 1. The van der Waals surface area contributed by atoms with E-state index in [0.717, 1.165) is 5.56 Å². The molecule has 0 bridgehead atoms. The molecule has 0 aliphatic rings. The molecular formula is C17H14N4O2. The molecule has 23 heavy (non-hydrogen) atoms. The van der Waals surface area contributed by atoms with E-state index in [1.807, 2.05) is 36.4 Å². The largest absolute Gasteiger partial charge is 0.425 e. The normalized spacial score (nSPS) is 11.2. The van der Waals surface area contributed by atoms with Crippen molar-refractivity contribution in [1.29, 1.82) is 0 Å². The summed E-state index contributed by atoms with van der Waals surface area (Å²) >= 11 is 0. The smallest absolute Gasteiger partial charge is 0.348 e. The number of carbonyl (C=O) groups excluding carboxylic acids is 1. The van der Waals surface area contributed by atoms with Gasteiger partial charge in [0.05, 0.1) is 5.69 Å². The van der Waals surface area contributed by atoms with Crippen LogP contribution in [0.1, 0.15) is 0 Å². The summed E-state index contributed by atoms with van der Waals surface area (Å²) in [4.78, 5) is 19.9. The van der Waals surface area contributed by atoms with Crippen LogP contribution in [0, 0.1) is 0 Å². The minimum atomic E-state index is -0.614. The molecule has 0 spiro atoms. The van der Waals surface area contributed by atoms with Gasteiger partial charge in [-0.1, -0.05) is 48.5 Å². The van der Waals surface area contributed by atoms with Gasteiger partial charge in [0.1, 0.15) is 0 Å². The van der Waals surface area contributed by atoms with Crippen LogP contribution in [0.3, 0.4) is 0 Å². The minimum Gasteiger partial charge on any atom is -0.425 e. The molecule has 3 aromatic rings. The SMILES string of the molecule is O=C(/N=c1\nc(-c2ccccc2)ccn1O)Nc1ccccc1. The standard InChI is InChI=1S/C17H14N4O2/c22-17(18-14-9-5-2-6-10-14)20-16-19-15(11-12-21(16)23)13-7-3-1-4-8-13/h1-12,23H,(H,18,22)/b20-16+. The van der Waals surface area contributed by atoms with Gasteiger partial charge >= 0.3 is 6.03 Å². The second kappa shape index (κ2) is 6.57. The fraction of sp³-hybridized carbons (Fsp3) is 0. The molecule has 3 rings (SSSR count). The molecule has 6 heteroatoms. The van der Waals surface area contributed by atoms with E-state index in [2.05, 4.69) is 15.3 Å². The first-order valence-electron chi connectivity index (χ1n) is 6.97. The maximum atomic E-state index is 11.9. The average Bonchev–Trinajstić information content (AvgIpc) is 2.58. The van der Waals surface area contributed by atoms with Crippen LogP contribution in [0.2, 0.25) is 0 Å². The number of anilines is 1. The summed E-state index contributed by atoms with van der Waals surface area (Å²) in [5.41, 5.74) is 2.00. The second-order valence-electron chi connectivity index (χ2n) is 4.73. The van der Waals surface area contributed by atoms with Crippen LogP contribution in [0.25, 0.3) is 11.3 Å². The number of carbonyl (C=O) groups is 1. The number of nitrogens with zero attached hydrogens (tertiary/aromatic N) is 3. The van der Waals surface area contributed by atoms with Crippen molar-refractivity contribution in [2.24, 2.45) is 4.99 Å². The number of hydrogen-bond acceptors (Lipinski definition) is 3. The Morgan fingerprint density at radius 3 is 2.35 bits per heavy atom. The van der Waals surface area contributed by atoms with Crippen molar-refractivity contribution in [3.63, 3.8) is 0 Å². The fourth-order valence-corrected chi connectivity index (χ4v) is 2.01. The van der Waals surface area contributed by atoms with Crippen molar-refractivity contribution in [2.75, 3.05) is 5.32 Å². The van der Waals surface area contributed by atoms with Gasteiger partial charge in [-0.3, -0.25) is 0 Å². The predicted molar refractivity (Wildman–Crippen MR) is 85.9 cm³/mol. The van der Waals surface area contributed by atoms with Gasteiger partial charge in [-0.2, -0.15) is 9.72 Å². The van der Waals surface area contributed by atoms with E-state index in [0.29, 0.717) is 16.1 Å². The Morgan fingerprint density at radius 1 is 1.00 bits per heavy atom. The Kier molecular flexibility index (Phi) is 4.15. The van der Waals surface area contributed by atoms with E-state index in [-0.39, 0.29) is 5.62 Å². The molecule has 0 radical (unpaired) electrons. The summed E-state index contributed by atoms with van der Waals surface area (Å²) in [5.74, 6) is 0. The molecule has 0 atom stereocenters. The van der Waals surface area contributed by atoms with Crippen LogP contribution in [0.15, 0.2) is 77.9 Å². The van der Waals surface area contributed by atoms with Gasteiger partial charge in [-0.25, -0.2) is 9.78 Å². The van der Waals surface area contributed by atoms with Crippen LogP contribution < -0.4 is 10.9 Å². The number of aromatic nitrogens is 2. The summed E-state index contributed by atoms with van der Waals surface area (Å²) in [7, 11) is 0. The van der Waals surface area contributed by atoms with Crippen molar-refractivity contribution in [1.82, 2.24) is 9.71 Å². The number of urea groups is 1. The zero-order chi connectivity index (χ0) is 16.1. The average molecular weight is 306 g/mol. The first-order chi connectivity index (χ1) is 11.2. The van der Waals surface area contributed by atoms with Crippen LogP contribution in [0.5, 0.6) is 0 Å². The molecule has 2 N–H and O–H groups in total. The molecule has 0 fully saturated rings. The summed E-state index contributed by atoms with van der Waals surface area (Å²) in [6, 6.07) is 19.4. The first-order valence-corrected chi connectivity index (χ1v) is 6.97. The summed E-state index contributed by atoms with van der Waals surface area (Å²) < 4.78 is 0.705. The van der Waals surface area contributed by atoms with Gasteiger partial charge in [0, 0.05) is 17.4 Å². The lowest BCUT2D eigenvalue weighted by Gasteiger charge is -2.03. The third kappa shape index (κ3) is 3.62. The van der Waals surface area contributed by atoms with Crippen molar-refractivity contribution in [3.8, 4) is 11.3 Å². The number of rotatable bonds is 2. The number of amides is 2. The van der Waals surface area contributed by atoms with Crippen molar-refractivity contribution < 1.29 is 10.0 Å².